The van der Waals surface area contributed by atoms with Gasteiger partial charge >= 0.3 is 0 Å². The van der Waals surface area contributed by atoms with Crippen molar-refractivity contribution in [2.45, 2.75) is 51.7 Å². The van der Waals surface area contributed by atoms with E-state index in [1.54, 1.807) is 23.2 Å². The molecule has 0 saturated carbocycles. The van der Waals surface area contributed by atoms with Gasteiger partial charge in [-0.2, -0.15) is 0 Å². The van der Waals surface area contributed by atoms with Crippen molar-refractivity contribution >= 4 is 33.4 Å². The van der Waals surface area contributed by atoms with Crippen LogP contribution >= 0.6 is 11.3 Å². The largest absolute Gasteiger partial charge is 0.372 e. The fraction of sp³-hybridized carbons (Fsp3) is 0.591. The minimum atomic E-state index is -0.149. The Morgan fingerprint density at radius 1 is 1.37 bits per heavy atom. The van der Waals surface area contributed by atoms with Crippen LogP contribution in [0.2, 0.25) is 0 Å². The molecule has 3 rings (SSSR count). The molecule has 0 spiro atoms. The molecule has 2 atom stereocenters. The van der Waals surface area contributed by atoms with Crippen LogP contribution < -0.4 is 11.1 Å². The van der Waals surface area contributed by atoms with E-state index in [0.717, 1.165) is 53.9 Å². The molecule has 0 radical (unpaired) electrons. The highest BCUT2D eigenvalue weighted by Crippen LogP contribution is 2.22. The quantitative estimate of drug-likeness (QED) is 0.563. The van der Waals surface area contributed by atoms with Crippen molar-refractivity contribution in [2.24, 2.45) is 11.7 Å². The number of likely N-dealkylation sites (tertiary alicyclic amines) is 1. The number of benzene rings is 1. The predicted molar refractivity (Wildman–Crippen MR) is 119 cm³/mol. The number of hydrogen-bond acceptors (Lipinski definition) is 6. The number of nitrogens with one attached hydrogen (secondary N) is 1. The molecular weight excluding hydrogens is 400 g/mol. The van der Waals surface area contributed by atoms with Gasteiger partial charge in [0.05, 0.1) is 35.4 Å². The molecule has 0 bridgehead atoms. The number of unbranched alkanes of at least 4 members (excludes halogenated alkanes) is 1. The van der Waals surface area contributed by atoms with Crippen LogP contribution in [0.1, 0.15) is 44.0 Å². The third-order valence-electron chi connectivity index (χ3n) is 5.47. The molecule has 1 saturated heterocycles. The molecule has 2 aromatic rings. The molecule has 7 nitrogen and oxygen atoms in total. The maximum atomic E-state index is 12.8. The molecule has 3 N–H and O–H groups in total. The van der Waals surface area contributed by atoms with Gasteiger partial charge in [0.25, 0.3) is 0 Å². The van der Waals surface area contributed by atoms with Crippen LogP contribution in [0.25, 0.3) is 10.2 Å². The number of nitrogens with zero attached hydrogens (tertiary/aromatic N) is 2. The third kappa shape index (κ3) is 6.48. The van der Waals surface area contributed by atoms with Crippen molar-refractivity contribution in [3.8, 4) is 0 Å². The Morgan fingerprint density at radius 3 is 2.97 bits per heavy atom. The average molecular weight is 433 g/mol. The number of carbonyl (C=O) groups excluding carboxylic acids is 2. The van der Waals surface area contributed by atoms with Crippen molar-refractivity contribution in [2.75, 3.05) is 26.2 Å². The Morgan fingerprint density at radius 2 is 2.20 bits per heavy atom. The average Bonchev–Trinajstić information content (AvgIpc) is 3.16. The van der Waals surface area contributed by atoms with Gasteiger partial charge in [0, 0.05) is 20.0 Å². The van der Waals surface area contributed by atoms with E-state index in [4.69, 9.17) is 10.5 Å². The first-order chi connectivity index (χ1) is 14.6. The number of carbonyl (C=O) groups is 2. The van der Waals surface area contributed by atoms with Crippen molar-refractivity contribution in [3.05, 3.63) is 29.3 Å². The number of ether oxygens (including phenoxy) is 1. The molecule has 1 aliphatic heterocycles. The highest BCUT2D eigenvalue weighted by molar-refractivity contribution is 7.18. The Hall–Kier alpha value is -2.03. The van der Waals surface area contributed by atoms with Crippen molar-refractivity contribution in [3.63, 3.8) is 0 Å². The van der Waals surface area contributed by atoms with Crippen molar-refractivity contribution in [1.82, 2.24) is 15.2 Å². The molecule has 1 aliphatic rings. The fourth-order valence-electron chi connectivity index (χ4n) is 3.80. The zero-order valence-electron chi connectivity index (χ0n) is 17.6. The molecule has 1 fully saturated rings. The molecule has 2 heterocycles. The van der Waals surface area contributed by atoms with Crippen LogP contribution in [0.15, 0.2) is 24.3 Å². The second kappa shape index (κ2) is 11.4. The van der Waals surface area contributed by atoms with Gasteiger partial charge in [-0.1, -0.05) is 18.6 Å². The lowest BCUT2D eigenvalue weighted by atomic mass is 9.96. The number of hydrogen-bond donors (Lipinski definition) is 2. The lowest BCUT2D eigenvalue weighted by Gasteiger charge is -2.32. The molecule has 30 heavy (non-hydrogen) atoms. The Balaban J connectivity index is 1.52. The summed E-state index contributed by atoms with van der Waals surface area (Å²) in [5.41, 5.74) is 6.61. The van der Waals surface area contributed by atoms with Gasteiger partial charge in [0.15, 0.2) is 0 Å². The number of fused-ring (bicyclic) bond motifs is 1. The van der Waals surface area contributed by atoms with E-state index < -0.39 is 0 Å². The molecule has 8 heteroatoms. The number of rotatable bonds is 10. The number of para-hydroxylation sites is 1. The first-order valence-electron chi connectivity index (χ1n) is 10.7. The minimum absolute atomic E-state index is 0.0160. The maximum Gasteiger partial charge on any atom is 0.225 e. The summed E-state index contributed by atoms with van der Waals surface area (Å²) in [7, 11) is 0. The zero-order valence-corrected chi connectivity index (χ0v) is 18.5. The molecule has 2 amide bonds. The number of thiazole rings is 1. The van der Waals surface area contributed by atoms with E-state index in [1.165, 1.54) is 0 Å². The Labute approximate surface area is 182 Å². The number of piperidine rings is 1. The summed E-state index contributed by atoms with van der Waals surface area (Å²) >= 11 is 1.63. The molecular formula is C22H32N4O3S. The molecule has 164 valence electrons. The van der Waals surface area contributed by atoms with Gasteiger partial charge in [-0.05, 0) is 44.4 Å². The van der Waals surface area contributed by atoms with Gasteiger partial charge < -0.3 is 20.7 Å². The summed E-state index contributed by atoms with van der Waals surface area (Å²) in [5, 5.41) is 4.10. The lowest BCUT2D eigenvalue weighted by Crippen LogP contribution is -2.48. The van der Waals surface area contributed by atoms with E-state index in [1.807, 2.05) is 18.2 Å². The Bertz CT molecular complexity index is 808. The van der Waals surface area contributed by atoms with Crippen LogP contribution in [0.5, 0.6) is 0 Å². The van der Waals surface area contributed by atoms with Gasteiger partial charge in [-0.25, -0.2) is 4.98 Å². The van der Waals surface area contributed by atoms with Gasteiger partial charge in [-0.3, -0.25) is 9.59 Å². The summed E-state index contributed by atoms with van der Waals surface area (Å²) in [4.78, 5) is 30.8. The SMILES string of the molecule is CC(=O)N1CCCC(C(=O)NC(CCCCN)COCc2nc3ccccc3s2)C1. The zero-order chi connectivity index (χ0) is 21.3. The summed E-state index contributed by atoms with van der Waals surface area (Å²) in [5.74, 6) is -0.0997. The molecule has 0 aliphatic carbocycles. The third-order valence-corrected chi connectivity index (χ3v) is 6.48. The first-order valence-corrected chi connectivity index (χ1v) is 11.6. The van der Waals surface area contributed by atoms with E-state index >= 15 is 0 Å². The monoisotopic (exact) mass is 432 g/mol. The topological polar surface area (TPSA) is 97.6 Å². The van der Waals surface area contributed by atoms with Crippen molar-refractivity contribution < 1.29 is 14.3 Å². The second-order valence-corrected chi connectivity index (χ2v) is 9.00. The lowest BCUT2D eigenvalue weighted by molar-refractivity contribution is -0.134. The molecule has 2 unspecified atom stereocenters. The summed E-state index contributed by atoms with van der Waals surface area (Å²) in [6, 6.07) is 7.98. The van der Waals surface area contributed by atoms with Gasteiger partial charge in [-0.15, -0.1) is 11.3 Å². The number of nitrogens with two attached hydrogens (primary N) is 1. The highest BCUT2D eigenvalue weighted by Gasteiger charge is 2.28. The van der Waals surface area contributed by atoms with Crippen LogP contribution in [-0.4, -0.2) is 54.0 Å². The number of amides is 2. The predicted octanol–water partition coefficient (Wildman–Crippen LogP) is 2.69. The summed E-state index contributed by atoms with van der Waals surface area (Å²) < 4.78 is 7.08. The van der Waals surface area contributed by atoms with Crippen molar-refractivity contribution in [1.29, 1.82) is 0 Å². The van der Waals surface area contributed by atoms with E-state index in [0.29, 0.717) is 26.3 Å². The first kappa shape index (κ1) is 22.7. The van der Waals surface area contributed by atoms with E-state index in [2.05, 4.69) is 16.4 Å². The standard InChI is InChI=1S/C22H32N4O3S/c1-16(27)26-12-6-7-17(13-26)22(28)24-18(8-4-5-11-23)14-29-15-21-25-19-9-2-3-10-20(19)30-21/h2-3,9-10,17-18H,4-8,11-15,23H2,1H3,(H,24,28). The van der Waals surface area contributed by atoms with E-state index in [9.17, 15) is 9.59 Å². The van der Waals surface area contributed by atoms with Crippen LogP contribution in [-0.2, 0) is 20.9 Å². The normalized spacial score (nSPS) is 17.8. The molecule has 1 aromatic heterocycles. The van der Waals surface area contributed by atoms with Crippen LogP contribution in [0.4, 0.5) is 0 Å². The Kier molecular flexibility index (Phi) is 8.60. The van der Waals surface area contributed by atoms with Crippen LogP contribution in [0.3, 0.4) is 0 Å². The smallest absolute Gasteiger partial charge is 0.225 e. The van der Waals surface area contributed by atoms with Gasteiger partial charge in [0.1, 0.15) is 5.01 Å². The second-order valence-electron chi connectivity index (χ2n) is 7.88. The van der Waals surface area contributed by atoms with Gasteiger partial charge in [0.2, 0.25) is 11.8 Å². The minimum Gasteiger partial charge on any atom is -0.372 e. The highest BCUT2D eigenvalue weighted by atomic mass is 32.1. The van der Waals surface area contributed by atoms with Crippen LogP contribution in [0, 0.1) is 5.92 Å². The number of aromatic nitrogens is 1. The maximum absolute atomic E-state index is 12.8. The summed E-state index contributed by atoms with van der Waals surface area (Å²) in [6.07, 6.45) is 4.37. The fourth-order valence-corrected chi connectivity index (χ4v) is 4.70. The summed E-state index contributed by atoms with van der Waals surface area (Å²) in [6.45, 7) is 4.32. The van der Waals surface area contributed by atoms with E-state index in [-0.39, 0.29) is 23.8 Å². The molecule has 1 aromatic carbocycles.